The van der Waals surface area contributed by atoms with Crippen molar-refractivity contribution < 1.29 is 9.47 Å². The summed E-state index contributed by atoms with van der Waals surface area (Å²) in [4.78, 5) is 2.47. The van der Waals surface area contributed by atoms with Crippen LogP contribution in [0.3, 0.4) is 0 Å². The predicted molar refractivity (Wildman–Crippen MR) is 57.5 cm³/mol. The molecule has 0 amide bonds. The lowest BCUT2D eigenvalue weighted by molar-refractivity contribution is -0.0256. The summed E-state index contributed by atoms with van der Waals surface area (Å²) in [5.41, 5.74) is 0. The zero-order valence-electron chi connectivity index (χ0n) is 9.99. The summed E-state index contributed by atoms with van der Waals surface area (Å²) < 4.78 is 10.9. The van der Waals surface area contributed by atoms with Crippen LogP contribution < -0.4 is 0 Å². The molecular weight excluding hydrogens is 178 g/mol. The number of hydrogen-bond donors (Lipinski definition) is 0. The highest BCUT2D eigenvalue weighted by molar-refractivity contribution is 4.93. The van der Waals surface area contributed by atoms with Crippen LogP contribution in [-0.2, 0) is 9.47 Å². The molecule has 84 valence electrons. The van der Waals surface area contributed by atoms with Crippen LogP contribution in [0.25, 0.3) is 0 Å². The van der Waals surface area contributed by atoms with Gasteiger partial charge < -0.3 is 9.47 Å². The van der Waals surface area contributed by atoms with Crippen LogP contribution in [0.1, 0.15) is 27.2 Å². The van der Waals surface area contributed by atoms with Gasteiger partial charge in [0.05, 0.1) is 18.2 Å². The van der Waals surface area contributed by atoms with Crippen LogP contribution in [0.15, 0.2) is 0 Å². The van der Waals surface area contributed by atoms with Gasteiger partial charge in [-0.3, -0.25) is 4.90 Å². The van der Waals surface area contributed by atoms with E-state index in [0.717, 1.165) is 13.0 Å². The molecule has 1 heterocycles. The van der Waals surface area contributed by atoms with Crippen LogP contribution in [0.5, 0.6) is 0 Å². The topological polar surface area (TPSA) is 21.7 Å². The molecule has 0 aromatic heterocycles. The van der Waals surface area contributed by atoms with Crippen LogP contribution in [0.4, 0.5) is 0 Å². The van der Waals surface area contributed by atoms with Gasteiger partial charge in [-0.15, -0.1) is 0 Å². The van der Waals surface area contributed by atoms with Crippen molar-refractivity contribution in [2.45, 2.75) is 51.5 Å². The smallest absolute Gasteiger partial charge is 0.0763 e. The number of nitrogens with zero attached hydrogens (tertiary/aromatic N) is 1. The van der Waals surface area contributed by atoms with Crippen molar-refractivity contribution in [2.24, 2.45) is 0 Å². The second kappa shape index (κ2) is 5.10. The summed E-state index contributed by atoms with van der Waals surface area (Å²) in [6.45, 7) is 7.70. The minimum Gasteiger partial charge on any atom is -0.380 e. The fourth-order valence-electron chi connectivity index (χ4n) is 2.38. The second-order valence-corrected chi connectivity index (χ2v) is 4.33. The molecule has 3 heteroatoms. The van der Waals surface area contributed by atoms with Crippen molar-refractivity contribution >= 4 is 0 Å². The Balaban J connectivity index is 2.69. The predicted octanol–water partition coefficient (Wildman–Crippen LogP) is 1.52. The van der Waals surface area contributed by atoms with E-state index >= 15 is 0 Å². The molecule has 0 saturated carbocycles. The van der Waals surface area contributed by atoms with E-state index in [2.05, 4.69) is 25.7 Å². The van der Waals surface area contributed by atoms with E-state index < -0.39 is 0 Å². The molecule has 1 aliphatic rings. The Morgan fingerprint density at radius 2 is 1.86 bits per heavy atom. The first-order chi connectivity index (χ1) is 6.61. The number of rotatable bonds is 4. The molecule has 14 heavy (non-hydrogen) atoms. The third kappa shape index (κ3) is 2.27. The van der Waals surface area contributed by atoms with E-state index in [1.807, 2.05) is 0 Å². The summed E-state index contributed by atoms with van der Waals surface area (Å²) in [6.07, 6.45) is 1.68. The molecule has 0 unspecified atom stereocenters. The molecule has 1 aliphatic heterocycles. The number of ether oxygens (including phenoxy) is 2. The molecule has 1 rings (SSSR count). The maximum atomic E-state index is 5.51. The monoisotopic (exact) mass is 201 g/mol. The lowest BCUT2D eigenvalue weighted by Gasteiger charge is -2.34. The van der Waals surface area contributed by atoms with Gasteiger partial charge in [-0.2, -0.15) is 0 Å². The van der Waals surface area contributed by atoms with Gasteiger partial charge in [0, 0.05) is 26.8 Å². The van der Waals surface area contributed by atoms with E-state index in [-0.39, 0.29) is 6.10 Å². The Labute approximate surface area is 87.4 Å². The number of hydrogen-bond acceptors (Lipinski definition) is 3. The fraction of sp³-hybridized carbons (Fsp3) is 1.00. The van der Waals surface area contributed by atoms with Crippen LogP contribution >= 0.6 is 0 Å². The van der Waals surface area contributed by atoms with E-state index in [0.29, 0.717) is 18.2 Å². The first-order valence-corrected chi connectivity index (χ1v) is 5.43. The minimum absolute atomic E-state index is 0.241. The Hall–Kier alpha value is -0.120. The van der Waals surface area contributed by atoms with Crippen molar-refractivity contribution in [2.75, 3.05) is 20.8 Å². The van der Waals surface area contributed by atoms with E-state index in [4.69, 9.17) is 9.47 Å². The highest BCUT2D eigenvalue weighted by Crippen LogP contribution is 2.26. The fourth-order valence-corrected chi connectivity index (χ4v) is 2.38. The van der Waals surface area contributed by atoms with Gasteiger partial charge >= 0.3 is 0 Å². The van der Waals surface area contributed by atoms with Crippen LogP contribution in [0, 0.1) is 0 Å². The normalized spacial score (nSPS) is 31.3. The average Bonchev–Trinajstić information content (AvgIpc) is 2.59. The van der Waals surface area contributed by atoms with E-state index in [1.165, 1.54) is 0 Å². The second-order valence-electron chi connectivity index (χ2n) is 4.33. The molecule has 3 nitrogen and oxygen atoms in total. The SMILES string of the molecule is CO[C@@H](C)[C@@H]1[C@@H](OC)CCN1C(C)C. The molecular formula is C11H23NO2. The summed E-state index contributed by atoms with van der Waals surface area (Å²) in [7, 11) is 3.57. The van der Waals surface area contributed by atoms with Gasteiger partial charge in [0.1, 0.15) is 0 Å². The quantitative estimate of drug-likeness (QED) is 0.688. The third-order valence-corrected chi connectivity index (χ3v) is 3.25. The zero-order chi connectivity index (χ0) is 10.7. The summed E-state index contributed by atoms with van der Waals surface area (Å²) in [6, 6.07) is 0.975. The van der Waals surface area contributed by atoms with Crippen molar-refractivity contribution in [1.82, 2.24) is 4.90 Å². The highest BCUT2D eigenvalue weighted by Gasteiger charge is 2.39. The average molecular weight is 201 g/mol. The Bertz CT molecular complexity index is 173. The first-order valence-electron chi connectivity index (χ1n) is 5.43. The molecule has 3 atom stereocenters. The maximum absolute atomic E-state index is 5.51. The lowest BCUT2D eigenvalue weighted by atomic mass is 10.1. The highest BCUT2D eigenvalue weighted by atomic mass is 16.5. The minimum atomic E-state index is 0.241. The zero-order valence-corrected chi connectivity index (χ0v) is 9.99. The molecule has 0 radical (unpaired) electrons. The summed E-state index contributed by atoms with van der Waals surface area (Å²) >= 11 is 0. The molecule has 1 fully saturated rings. The Morgan fingerprint density at radius 3 is 2.29 bits per heavy atom. The maximum Gasteiger partial charge on any atom is 0.0763 e. The van der Waals surface area contributed by atoms with Gasteiger partial charge in [0.15, 0.2) is 0 Å². The van der Waals surface area contributed by atoms with Crippen molar-refractivity contribution in [1.29, 1.82) is 0 Å². The number of likely N-dealkylation sites (tertiary alicyclic amines) is 1. The van der Waals surface area contributed by atoms with Gasteiger partial charge in [0.2, 0.25) is 0 Å². The van der Waals surface area contributed by atoms with Crippen LogP contribution in [-0.4, -0.2) is 50.0 Å². The Kier molecular flexibility index (Phi) is 4.35. The van der Waals surface area contributed by atoms with Gasteiger partial charge in [-0.25, -0.2) is 0 Å². The molecule has 0 bridgehead atoms. The molecule has 0 aliphatic carbocycles. The van der Waals surface area contributed by atoms with Gasteiger partial charge in [0.25, 0.3) is 0 Å². The summed E-state index contributed by atoms with van der Waals surface area (Å²) in [5.74, 6) is 0. The summed E-state index contributed by atoms with van der Waals surface area (Å²) in [5, 5.41) is 0. The van der Waals surface area contributed by atoms with Gasteiger partial charge in [-0.05, 0) is 27.2 Å². The molecule has 0 aromatic rings. The molecule has 1 saturated heterocycles. The first kappa shape index (κ1) is 12.0. The standard InChI is InChI=1S/C11H23NO2/c1-8(2)12-7-6-10(14-5)11(12)9(3)13-4/h8-11H,6-7H2,1-5H3/t9-,10-,11+/m0/s1. The van der Waals surface area contributed by atoms with E-state index in [1.54, 1.807) is 14.2 Å². The molecule has 0 N–H and O–H groups in total. The van der Waals surface area contributed by atoms with Crippen molar-refractivity contribution in [3.63, 3.8) is 0 Å². The lowest BCUT2D eigenvalue weighted by Crippen LogP contribution is -2.47. The van der Waals surface area contributed by atoms with Crippen molar-refractivity contribution in [3.05, 3.63) is 0 Å². The Morgan fingerprint density at radius 1 is 1.21 bits per heavy atom. The van der Waals surface area contributed by atoms with Crippen LogP contribution in [0.2, 0.25) is 0 Å². The third-order valence-electron chi connectivity index (χ3n) is 3.25. The number of methoxy groups -OCH3 is 2. The molecule has 0 spiro atoms. The molecule has 0 aromatic carbocycles. The van der Waals surface area contributed by atoms with Gasteiger partial charge in [-0.1, -0.05) is 0 Å². The largest absolute Gasteiger partial charge is 0.380 e. The van der Waals surface area contributed by atoms with E-state index in [9.17, 15) is 0 Å². The van der Waals surface area contributed by atoms with Crippen molar-refractivity contribution in [3.8, 4) is 0 Å².